The number of hydrogen-bond donors (Lipinski definition) is 2. The van der Waals surface area contributed by atoms with E-state index in [0.717, 1.165) is 49.6 Å². The van der Waals surface area contributed by atoms with Gasteiger partial charge in [-0.25, -0.2) is 22.1 Å². The van der Waals surface area contributed by atoms with Crippen LogP contribution in [-0.4, -0.2) is 25.6 Å². The second-order valence-corrected chi connectivity index (χ2v) is 12.5. The maximum atomic E-state index is 14.0. The van der Waals surface area contributed by atoms with Gasteiger partial charge < -0.3 is 11.1 Å². The van der Waals surface area contributed by atoms with Gasteiger partial charge in [0, 0.05) is 29.6 Å². The third-order valence-corrected chi connectivity index (χ3v) is 8.98. The predicted octanol–water partition coefficient (Wildman–Crippen LogP) is 6.06. The maximum Gasteiger partial charge on any atom is 0.251 e. The monoisotopic (exact) mass is 572 g/mol. The number of amides is 1. The first-order chi connectivity index (χ1) is 19.3. The van der Waals surface area contributed by atoms with E-state index in [4.69, 9.17) is 5.73 Å². The van der Waals surface area contributed by atoms with Gasteiger partial charge in [0.15, 0.2) is 0 Å². The van der Waals surface area contributed by atoms with Crippen molar-refractivity contribution in [2.24, 2.45) is 0 Å². The summed E-state index contributed by atoms with van der Waals surface area (Å²) in [4.78, 5) is 17.5. The van der Waals surface area contributed by atoms with E-state index >= 15 is 0 Å². The Morgan fingerprint density at radius 2 is 1.56 bits per heavy atom. The van der Waals surface area contributed by atoms with Gasteiger partial charge >= 0.3 is 0 Å². The maximum absolute atomic E-state index is 14.0. The highest BCUT2D eigenvalue weighted by molar-refractivity contribution is 7.92. The molecule has 0 unspecified atom stereocenters. The summed E-state index contributed by atoms with van der Waals surface area (Å²) < 4.78 is 40.9. The van der Waals surface area contributed by atoms with Gasteiger partial charge in [-0.15, -0.1) is 0 Å². The molecule has 1 aliphatic rings. The number of carbonyl (C=O) groups excluding carboxylic acids is 1. The Labute approximate surface area is 240 Å². The number of pyridine rings is 1. The minimum Gasteiger partial charge on any atom is -0.384 e. The Morgan fingerprint density at radius 3 is 2.22 bits per heavy atom. The van der Waals surface area contributed by atoms with Crippen molar-refractivity contribution in [3.63, 3.8) is 0 Å². The van der Waals surface area contributed by atoms with Crippen LogP contribution in [0.5, 0.6) is 0 Å². The molecule has 3 N–H and O–H groups in total. The molecule has 9 heteroatoms. The quantitative estimate of drug-likeness (QED) is 0.292. The van der Waals surface area contributed by atoms with Crippen LogP contribution in [0.15, 0.2) is 66.7 Å². The number of carbonyl (C=O) groups is 1. The molecule has 0 bridgehead atoms. The van der Waals surface area contributed by atoms with E-state index in [9.17, 15) is 17.6 Å². The van der Waals surface area contributed by atoms with Crippen molar-refractivity contribution in [2.75, 3.05) is 16.3 Å². The van der Waals surface area contributed by atoms with Gasteiger partial charge in [-0.3, -0.25) is 4.79 Å². The molecule has 1 heterocycles. The van der Waals surface area contributed by atoms with Gasteiger partial charge in [0.25, 0.3) is 5.91 Å². The third-order valence-electron chi connectivity index (χ3n) is 7.89. The molecule has 4 aromatic rings. The number of aryl methyl sites for hydroxylation is 2. The van der Waals surface area contributed by atoms with Crippen LogP contribution in [0.25, 0.3) is 0 Å². The number of benzene rings is 3. The summed E-state index contributed by atoms with van der Waals surface area (Å²) >= 11 is 0. The zero-order valence-corrected chi connectivity index (χ0v) is 24.5. The Balaban J connectivity index is 1.47. The summed E-state index contributed by atoms with van der Waals surface area (Å²) in [6.07, 6.45) is 1.10. The smallest absolute Gasteiger partial charge is 0.251 e. The summed E-state index contributed by atoms with van der Waals surface area (Å²) in [5.74, 6) is -0.337. The minimum absolute atomic E-state index is 0.0364. The SMILES string of the molecule is Cc1cc(N)nc(C)c1CNC(=O)c1ccc2c(c1)[C@H](C)c1cc(N(c3cccc(F)c3)S(C)(=O)=O)ccc1[C@@H]2C. The largest absolute Gasteiger partial charge is 0.384 e. The van der Waals surface area contributed by atoms with Crippen LogP contribution >= 0.6 is 0 Å². The van der Waals surface area contributed by atoms with Crippen molar-refractivity contribution >= 4 is 33.1 Å². The first-order valence-electron chi connectivity index (χ1n) is 13.4. The second-order valence-electron chi connectivity index (χ2n) is 10.7. The Bertz CT molecular complexity index is 1760. The number of aromatic nitrogens is 1. The number of nitrogens with two attached hydrogens (primary N) is 1. The Hall–Kier alpha value is -4.24. The molecule has 7 nitrogen and oxygen atoms in total. The van der Waals surface area contributed by atoms with Crippen LogP contribution < -0.4 is 15.4 Å². The lowest BCUT2D eigenvalue weighted by molar-refractivity contribution is 0.0950. The summed E-state index contributed by atoms with van der Waals surface area (Å²) in [6, 6.07) is 18.7. The van der Waals surface area contributed by atoms with Crippen LogP contribution in [0, 0.1) is 19.7 Å². The number of anilines is 3. The second kappa shape index (κ2) is 10.6. The molecule has 212 valence electrons. The van der Waals surface area contributed by atoms with Crippen molar-refractivity contribution in [3.05, 3.63) is 117 Å². The Morgan fingerprint density at radius 1 is 0.927 bits per heavy atom. The molecule has 0 fully saturated rings. The van der Waals surface area contributed by atoms with Crippen molar-refractivity contribution < 1.29 is 17.6 Å². The average Bonchev–Trinajstić information content (AvgIpc) is 2.90. The fourth-order valence-corrected chi connectivity index (χ4v) is 6.83. The zero-order valence-electron chi connectivity index (χ0n) is 23.7. The van der Waals surface area contributed by atoms with Crippen molar-refractivity contribution in [2.45, 2.75) is 46.1 Å². The van der Waals surface area contributed by atoms with E-state index in [1.165, 1.54) is 18.2 Å². The van der Waals surface area contributed by atoms with Crippen LogP contribution in [0.3, 0.4) is 0 Å². The molecule has 1 aromatic heterocycles. The number of sulfonamides is 1. The number of nitrogen functional groups attached to an aromatic ring is 1. The molecule has 41 heavy (non-hydrogen) atoms. The number of halogens is 1. The molecule has 0 aliphatic heterocycles. The lowest BCUT2D eigenvalue weighted by atomic mass is 9.73. The number of rotatable bonds is 6. The van der Waals surface area contributed by atoms with Crippen LogP contribution in [-0.2, 0) is 16.6 Å². The average molecular weight is 573 g/mol. The summed E-state index contributed by atoms with van der Waals surface area (Å²) in [5, 5.41) is 3.01. The lowest BCUT2D eigenvalue weighted by Crippen LogP contribution is -2.26. The molecule has 5 rings (SSSR count). The summed E-state index contributed by atoms with van der Waals surface area (Å²) in [5.41, 5.74) is 13.9. The lowest BCUT2D eigenvalue weighted by Gasteiger charge is -2.33. The molecular weight excluding hydrogens is 539 g/mol. The summed E-state index contributed by atoms with van der Waals surface area (Å²) in [7, 11) is -3.76. The molecule has 2 atom stereocenters. The molecule has 0 saturated carbocycles. The van der Waals surface area contributed by atoms with Gasteiger partial charge in [-0.05, 0) is 95.8 Å². The fourth-order valence-electron chi connectivity index (χ4n) is 5.84. The van der Waals surface area contributed by atoms with Crippen LogP contribution in [0.1, 0.15) is 75.1 Å². The molecule has 1 amide bonds. The van der Waals surface area contributed by atoms with Gasteiger partial charge in [0.2, 0.25) is 10.0 Å². The predicted molar refractivity (Wildman–Crippen MR) is 161 cm³/mol. The van der Waals surface area contributed by atoms with Crippen LogP contribution in [0.4, 0.5) is 21.6 Å². The van der Waals surface area contributed by atoms with Gasteiger partial charge in [0.1, 0.15) is 11.6 Å². The molecule has 0 saturated heterocycles. The molecule has 3 aromatic carbocycles. The van der Waals surface area contributed by atoms with Gasteiger partial charge in [-0.2, -0.15) is 0 Å². The number of hydrogen-bond acceptors (Lipinski definition) is 5. The molecular formula is C32H33FN4O3S. The van der Waals surface area contributed by atoms with E-state index < -0.39 is 15.8 Å². The van der Waals surface area contributed by atoms with E-state index in [1.54, 1.807) is 18.2 Å². The van der Waals surface area contributed by atoms with Crippen molar-refractivity contribution in [3.8, 4) is 0 Å². The number of nitrogens with zero attached hydrogens (tertiary/aromatic N) is 2. The van der Waals surface area contributed by atoms with Crippen molar-refractivity contribution in [1.29, 1.82) is 0 Å². The Kier molecular flexibility index (Phi) is 7.33. The van der Waals surface area contributed by atoms with E-state index in [1.807, 2.05) is 44.2 Å². The van der Waals surface area contributed by atoms with Crippen molar-refractivity contribution in [1.82, 2.24) is 10.3 Å². The summed E-state index contributed by atoms with van der Waals surface area (Å²) in [6.45, 7) is 8.30. The zero-order chi connectivity index (χ0) is 29.6. The first-order valence-corrected chi connectivity index (χ1v) is 15.2. The van der Waals surface area contributed by atoms with Gasteiger partial charge in [0.05, 0.1) is 17.6 Å². The number of nitrogens with one attached hydrogen (secondary N) is 1. The number of fused-ring (bicyclic) bond motifs is 2. The fraction of sp³-hybridized carbons (Fsp3) is 0.250. The van der Waals surface area contributed by atoms with E-state index in [-0.39, 0.29) is 23.4 Å². The standard InChI is InChI=1S/C32H33FN4O3S/c1-18-13-31(34)36-21(4)30(18)17-35-32(38)22-9-11-26-19(2)27-12-10-25(16-29(27)20(3)28(26)14-22)37(41(5,39)40)24-8-6-7-23(33)15-24/h6-16,19-20H,17H2,1-5H3,(H2,34,36)(H,35,38)/t19-,20+/m1/s1. The normalized spacial score (nSPS) is 16.0. The highest BCUT2D eigenvalue weighted by Crippen LogP contribution is 2.45. The molecule has 0 spiro atoms. The van der Waals surface area contributed by atoms with Crippen LogP contribution in [0.2, 0.25) is 0 Å². The molecule has 0 radical (unpaired) electrons. The van der Waals surface area contributed by atoms with E-state index in [2.05, 4.69) is 24.1 Å². The topological polar surface area (TPSA) is 105 Å². The third kappa shape index (κ3) is 5.41. The van der Waals surface area contributed by atoms with Gasteiger partial charge in [-0.1, -0.05) is 32.0 Å². The highest BCUT2D eigenvalue weighted by Gasteiger charge is 2.30. The first kappa shape index (κ1) is 28.3. The minimum atomic E-state index is -3.76. The van der Waals surface area contributed by atoms with E-state index in [0.29, 0.717) is 23.6 Å². The highest BCUT2D eigenvalue weighted by atomic mass is 32.2. The molecule has 1 aliphatic carbocycles.